The van der Waals surface area contributed by atoms with E-state index in [1.54, 1.807) is 6.92 Å². The fourth-order valence-corrected chi connectivity index (χ4v) is 2.88. The van der Waals surface area contributed by atoms with E-state index in [-0.39, 0.29) is 6.03 Å². The van der Waals surface area contributed by atoms with Crippen LogP contribution in [0.25, 0.3) is 0 Å². The maximum absolute atomic E-state index is 12.0. The van der Waals surface area contributed by atoms with Gasteiger partial charge in [0.2, 0.25) is 0 Å². The van der Waals surface area contributed by atoms with E-state index in [2.05, 4.69) is 11.6 Å². The van der Waals surface area contributed by atoms with E-state index in [9.17, 15) is 9.59 Å². The predicted octanol–water partition coefficient (Wildman–Crippen LogP) is 2.02. The largest absolute Gasteiger partial charge is 0.481 e. The van der Waals surface area contributed by atoms with Crippen molar-refractivity contribution < 1.29 is 14.7 Å². The molecule has 1 heterocycles. The van der Waals surface area contributed by atoms with Crippen LogP contribution < -0.4 is 5.32 Å². The molecule has 0 aliphatic carbocycles. The minimum absolute atomic E-state index is 0.0562. The molecule has 1 aliphatic heterocycles. The van der Waals surface area contributed by atoms with Crippen molar-refractivity contribution in [1.82, 2.24) is 10.2 Å². The van der Waals surface area contributed by atoms with Gasteiger partial charge in [-0.3, -0.25) is 4.79 Å². The smallest absolute Gasteiger partial charge is 0.317 e. The maximum Gasteiger partial charge on any atom is 0.317 e. The highest BCUT2D eigenvalue weighted by atomic mass is 32.2. The molecular formula is C13H24N2O3S. The first-order chi connectivity index (χ1) is 9.04. The Morgan fingerprint density at radius 3 is 2.79 bits per heavy atom. The second kappa shape index (κ2) is 8.30. The third kappa shape index (κ3) is 5.72. The van der Waals surface area contributed by atoms with Crippen LogP contribution in [0.1, 0.15) is 32.6 Å². The lowest BCUT2D eigenvalue weighted by Gasteiger charge is -2.21. The van der Waals surface area contributed by atoms with E-state index in [1.807, 2.05) is 16.7 Å². The first-order valence-corrected chi connectivity index (χ1v) is 8.11. The molecule has 0 bridgehead atoms. The van der Waals surface area contributed by atoms with Crippen molar-refractivity contribution in [2.24, 2.45) is 5.92 Å². The van der Waals surface area contributed by atoms with Crippen LogP contribution in [0.2, 0.25) is 0 Å². The summed E-state index contributed by atoms with van der Waals surface area (Å²) < 4.78 is 0. The summed E-state index contributed by atoms with van der Waals surface area (Å²) in [6.45, 7) is 3.68. The molecule has 1 fully saturated rings. The van der Waals surface area contributed by atoms with Gasteiger partial charge in [0, 0.05) is 24.9 Å². The summed E-state index contributed by atoms with van der Waals surface area (Å²) in [5, 5.41) is 12.2. The fraction of sp³-hybridized carbons (Fsp3) is 0.846. The minimum Gasteiger partial charge on any atom is -0.481 e. The van der Waals surface area contributed by atoms with Crippen molar-refractivity contribution in [2.75, 3.05) is 25.9 Å². The number of carboxylic acids is 1. The second-order valence-corrected chi connectivity index (χ2v) is 6.17. The Hall–Kier alpha value is -0.910. The zero-order chi connectivity index (χ0) is 14.3. The van der Waals surface area contributed by atoms with Crippen LogP contribution >= 0.6 is 11.8 Å². The lowest BCUT2D eigenvalue weighted by molar-refractivity contribution is -0.141. The van der Waals surface area contributed by atoms with Gasteiger partial charge in [-0.05, 0) is 31.9 Å². The highest BCUT2D eigenvalue weighted by molar-refractivity contribution is 7.99. The summed E-state index contributed by atoms with van der Waals surface area (Å²) in [6.07, 6.45) is 5.85. The molecule has 1 aliphatic rings. The molecule has 2 amide bonds. The van der Waals surface area contributed by atoms with Gasteiger partial charge in [-0.25, -0.2) is 4.79 Å². The van der Waals surface area contributed by atoms with Crippen LogP contribution in [-0.4, -0.2) is 53.1 Å². The van der Waals surface area contributed by atoms with Crippen molar-refractivity contribution >= 4 is 23.8 Å². The van der Waals surface area contributed by atoms with Crippen LogP contribution in [0, 0.1) is 5.92 Å². The van der Waals surface area contributed by atoms with Gasteiger partial charge >= 0.3 is 12.0 Å². The molecule has 0 aromatic carbocycles. The molecule has 1 rings (SSSR count). The lowest BCUT2D eigenvalue weighted by atomic mass is 10.1. The molecular weight excluding hydrogens is 264 g/mol. The molecule has 6 heteroatoms. The van der Waals surface area contributed by atoms with E-state index < -0.39 is 11.9 Å². The number of carbonyl (C=O) groups excluding carboxylic acids is 1. The number of carboxylic acid groups (broad SMARTS) is 1. The highest BCUT2D eigenvalue weighted by Gasteiger charge is 2.20. The molecule has 1 saturated heterocycles. The number of nitrogens with zero attached hydrogens (tertiary/aromatic N) is 1. The average molecular weight is 288 g/mol. The summed E-state index contributed by atoms with van der Waals surface area (Å²) in [4.78, 5) is 24.5. The zero-order valence-electron chi connectivity index (χ0n) is 11.7. The maximum atomic E-state index is 12.0. The topological polar surface area (TPSA) is 69.6 Å². The SMILES string of the molecule is CSC1CCCN(C(=O)NCCC(C)C(=O)O)CC1. The summed E-state index contributed by atoms with van der Waals surface area (Å²) in [5.41, 5.74) is 0. The Bertz CT molecular complexity index is 312. The minimum atomic E-state index is -0.813. The average Bonchev–Trinajstić information content (AvgIpc) is 2.63. The zero-order valence-corrected chi connectivity index (χ0v) is 12.5. The first kappa shape index (κ1) is 16.1. The number of urea groups is 1. The first-order valence-electron chi connectivity index (χ1n) is 6.83. The lowest BCUT2D eigenvalue weighted by Crippen LogP contribution is -2.41. The van der Waals surface area contributed by atoms with Crippen molar-refractivity contribution in [3.05, 3.63) is 0 Å². The van der Waals surface area contributed by atoms with Gasteiger partial charge in [-0.15, -0.1) is 0 Å². The van der Waals surface area contributed by atoms with Crippen LogP contribution in [0.4, 0.5) is 4.79 Å². The predicted molar refractivity (Wildman–Crippen MR) is 77.5 cm³/mol. The van der Waals surface area contributed by atoms with Gasteiger partial charge in [-0.2, -0.15) is 11.8 Å². The second-order valence-electron chi connectivity index (χ2n) is 5.04. The Morgan fingerprint density at radius 1 is 1.42 bits per heavy atom. The van der Waals surface area contributed by atoms with Crippen molar-refractivity contribution in [2.45, 2.75) is 37.9 Å². The van der Waals surface area contributed by atoms with Crippen molar-refractivity contribution in [1.29, 1.82) is 0 Å². The number of thioether (sulfide) groups is 1. The normalized spacial score (nSPS) is 21.6. The number of likely N-dealkylation sites (tertiary alicyclic amines) is 1. The van der Waals surface area contributed by atoms with E-state index in [0.29, 0.717) is 18.2 Å². The summed E-state index contributed by atoms with van der Waals surface area (Å²) >= 11 is 1.87. The van der Waals surface area contributed by atoms with Crippen LogP contribution in [-0.2, 0) is 4.79 Å². The molecule has 5 nitrogen and oxygen atoms in total. The summed E-state index contributed by atoms with van der Waals surface area (Å²) in [6, 6.07) is -0.0562. The monoisotopic (exact) mass is 288 g/mol. The third-order valence-corrected chi connectivity index (χ3v) is 4.71. The highest BCUT2D eigenvalue weighted by Crippen LogP contribution is 2.21. The molecule has 0 radical (unpaired) electrons. The van der Waals surface area contributed by atoms with Crippen molar-refractivity contribution in [3.63, 3.8) is 0 Å². The van der Waals surface area contributed by atoms with E-state index >= 15 is 0 Å². The Balaban J connectivity index is 2.27. The number of amides is 2. The standard InChI is InChI=1S/C13H24N2O3S/c1-10(12(16)17)5-7-14-13(18)15-8-3-4-11(19-2)6-9-15/h10-11H,3-9H2,1-2H3,(H,14,18)(H,16,17). The molecule has 2 unspecified atom stereocenters. The number of carbonyl (C=O) groups is 2. The quantitative estimate of drug-likeness (QED) is 0.812. The molecule has 19 heavy (non-hydrogen) atoms. The van der Waals surface area contributed by atoms with Gasteiger partial charge < -0.3 is 15.3 Å². The van der Waals surface area contributed by atoms with Crippen LogP contribution in [0.5, 0.6) is 0 Å². The van der Waals surface area contributed by atoms with Crippen molar-refractivity contribution in [3.8, 4) is 0 Å². The molecule has 2 atom stereocenters. The van der Waals surface area contributed by atoms with Gasteiger partial charge in [0.25, 0.3) is 0 Å². The van der Waals surface area contributed by atoms with Gasteiger partial charge in [0.05, 0.1) is 5.92 Å². The molecule has 110 valence electrons. The van der Waals surface area contributed by atoms with Crippen LogP contribution in [0.15, 0.2) is 0 Å². The van der Waals surface area contributed by atoms with Gasteiger partial charge in [-0.1, -0.05) is 6.92 Å². The Labute approximate surface area is 119 Å². The van der Waals surface area contributed by atoms with Gasteiger partial charge in [0.15, 0.2) is 0 Å². The molecule has 0 saturated carbocycles. The number of rotatable bonds is 5. The molecule has 0 aromatic rings. The number of hydrogen-bond acceptors (Lipinski definition) is 3. The molecule has 2 N–H and O–H groups in total. The molecule has 0 aromatic heterocycles. The van der Waals surface area contributed by atoms with E-state index in [4.69, 9.17) is 5.11 Å². The third-order valence-electron chi connectivity index (χ3n) is 3.57. The Kier molecular flexibility index (Phi) is 7.05. The fourth-order valence-electron chi connectivity index (χ4n) is 2.14. The van der Waals surface area contributed by atoms with E-state index in [1.165, 1.54) is 6.42 Å². The number of hydrogen-bond donors (Lipinski definition) is 2. The van der Waals surface area contributed by atoms with Crippen LogP contribution in [0.3, 0.4) is 0 Å². The Morgan fingerprint density at radius 2 is 2.16 bits per heavy atom. The molecule has 0 spiro atoms. The van der Waals surface area contributed by atoms with E-state index in [0.717, 1.165) is 25.9 Å². The number of nitrogens with one attached hydrogen (secondary N) is 1. The summed E-state index contributed by atoms with van der Waals surface area (Å²) in [5.74, 6) is -1.22. The van der Waals surface area contributed by atoms with Gasteiger partial charge in [0.1, 0.15) is 0 Å². The number of aliphatic carboxylic acids is 1. The summed E-state index contributed by atoms with van der Waals surface area (Å²) in [7, 11) is 0.